The number of benzene rings is 5. The molecule has 0 aliphatic rings. The van der Waals surface area contributed by atoms with E-state index in [2.05, 4.69) is 172 Å². The summed E-state index contributed by atoms with van der Waals surface area (Å²) in [7, 11) is 0. The van der Waals surface area contributed by atoms with Gasteiger partial charge >= 0.3 is 0 Å². The van der Waals surface area contributed by atoms with Gasteiger partial charge in [0.25, 0.3) is 0 Å². The summed E-state index contributed by atoms with van der Waals surface area (Å²) in [5.41, 5.74) is 10.2. The molecule has 0 nitrogen and oxygen atoms in total. The molecule has 38 heavy (non-hydrogen) atoms. The molecule has 0 aliphatic carbocycles. The van der Waals surface area contributed by atoms with Crippen molar-refractivity contribution < 1.29 is 0 Å². The highest BCUT2D eigenvalue weighted by Gasteiger charge is 2.27. The van der Waals surface area contributed by atoms with Gasteiger partial charge in [-0.1, -0.05) is 172 Å². The molecule has 0 atom stereocenters. The maximum atomic E-state index is 2.38. The Kier molecular flexibility index (Phi) is 8.11. The fourth-order valence-electron chi connectivity index (χ4n) is 5.23. The molecular formula is C38H34. The van der Waals surface area contributed by atoms with Crippen molar-refractivity contribution in [3.8, 4) is 0 Å². The number of hydrogen-bond acceptors (Lipinski definition) is 0. The van der Waals surface area contributed by atoms with Gasteiger partial charge in [0, 0.05) is 5.92 Å². The Morgan fingerprint density at radius 1 is 0.474 bits per heavy atom. The van der Waals surface area contributed by atoms with E-state index in [4.69, 9.17) is 0 Å². The van der Waals surface area contributed by atoms with E-state index in [1.807, 2.05) is 0 Å². The van der Waals surface area contributed by atoms with Crippen LogP contribution in [0.2, 0.25) is 0 Å². The Morgan fingerprint density at radius 2 is 0.868 bits per heavy atom. The van der Waals surface area contributed by atoms with Gasteiger partial charge in [0.2, 0.25) is 0 Å². The zero-order valence-electron chi connectivity index (χ0n) is 22.2. The van der Waals surface area contributed by atoms with Crippen LogP contribution in [-0.4, -0.2) is 0 Å². The lowest BCUT2D eigenvalue weighted by Gasteiger charge is -2.29. The van der Waals surface area contributed by atoms with Gasteiger partial charge in [-0.05, 0) is 50.5 Å². The average molecular weight is 491 g/mol. The predicted octanol–water partition coefficient (Wildman–Crippen LogP) is 10.2. The van der Waals surface area contributed by atoms with E-state index in [1.54, 1.807) is 0 Å². The second-order valence-electron chi connectivity index (χ2n) is 9.94. The summed E-state index contributed by atoms with van der Waals surface area (Å²) in [5.74, 6) is 0.379. The van der Waals surface area contributed by atoms with E-state index in [0.29, 0.717) is 5.92 Å². The van der Waals surface area contributed by atoms with Gasteiger partial charge in [-0.15, -0.1) is 0 Å². The van der Waals surface area contributed by atoms with Gasteiger partial charge in [-0.3, -0.25) is 0 Å². The molecule has 0 saturated carbocycles. The molecule has 0 spiro atoms. The average Bonchev–Trinajstić information content (AvgIpc) is 2.99. The molecule has 0 unspecified atom stereocenters. The highest BCUT2D eigenvalue weighted by molar-refractivity contribution is 6.03. The van der Waals surface area contributed by atoms with Crippen LogP contribution in [-0.2, 0) is 0 Å². The molecule has 186 valence electrons. The standard InChI is InChI=1S/C38H34/c1-29(2)35(28-30-18-8-3-9-19-30)37(33-24-14-6-15-25-33)38(34-26-16-7-17-27-34)36(31-20-10-4-11-21-31)32-22-12-5-13-23-32/h3-29,36H,1-2H3. The number of rotatable bonds is 8. The van der Waals surface area contributed by atoms with Gasteiger partial charge in [-0.2, -0.15) is 0 Å². The van der Waals surface area contributed by atoms with Gasteiger partial charge in [0.1, 0.15) is 0 Å². The first-order valence-electron chi connectivity index (χ1n) is 13.4. The Labute approximate surface area is 227 Å². The monoisotopic (exact) mass is 490 g/mol. The molecule has 0 saturated heterocycles. The second-order valence-corrected chi connectivity index (χ2v) is 9.94. The summed E-state index contributed by atoms with van der Waals surface area (Å²) in [5, 5.41) is 0. The molecule has 0 aromatic heterocycles. The summed E-state index contributed by atoms with van der Waals surface area (Å²) in [6.45, 7) is 4.61. The Morgan fingerprint density at radius 3 is 1.32 bits per heavy atom. The molecule has 5 rings (SSSR count). The largest absolute Gasteiger partial charge is 0.0622 e. The van der Waals surface area contributed by atoms with Crippen LogP contribution in [0.5, 0.6) is 0 Å². The van der Waals surface area contributed by atoms with Crippen molar-refractivity contribution in [2.45, 2.75) is 19.8 Å². The van der Waals surface area contributed by atoms with Crippen LogP contribution in [0.3, 0.4) is 0 Å². The fraction of sp³-hybridized carbons (Fsp3) is 0.105. The molecular weight excluding hydrogens is 456 g/mol. The normalized spacial score (nSPS) is 12.5. The maximum Gasteiger partial charge on any atom is 0.0352 e. The van der Waals surface area contributed by atoms with Crippen molar-refractivity contribution in [1.29, 1.82) is 0 Å². The zero-order valence-corrected chi connectivity index (χ0v) is 22.2. The van der Waals surface area contributed by atoms with Crippen molar-refractivity contribution >= 4 is 17.2 Å². The summed E-state index contributed by atoms with van der Waals surface area (Å²) in [4.78, 5) is 0. The number of allylic oxidation sites excluding steroid dienone is 3. The second kappa shape index (κ2) is 12.2. The van der Waals surface area contributed by atoms with E-state index in [-0.39, 0.29) is 5.92 Å². The van der Waals surface area contributed by atoms with E-state index < -0.39 is 0 Å². The van der Waals surface area contributed by atoms with Crippen molar-refractivity contribution in [3.63, 3.8) is 0 Å². The van der Waals surface area contributed by atoms with Crippen molar-refractivity contribution in [2.24, 2.45) is 5.92 Å². The molecule has 5 aromatic carbocycles. The Balaban J connectivity index is 1.93. The third-order valence-electron chi connectivity index (χ3n) is 7.00. The predicted molar refractivity (Wildman–Crippen MR) is 164 cm³/mol. The van der Waals surface area contributed by atoms with Crippen LogP contribution < -0.4 is 0 Å². The van der Waals surface area contributed by atoms with Gasteiger partial charge in [0.15, 0.2) is 0 Å². The minimum atomic E-state index is 0.0629. The van der Waals surface area contributed by atoms with Crippen LogP contribution in [0.4, 0.5) is 0 Å². The van der Waals surface area contributed by atoms with Crippen LogP contribution in [0.25, 0.3) is 17.2 Å². The van der Waals surface area contributed by atoms with Gasteiger partial charge in [-0.25, -0.2) is 0 Å². The van der Waals surface area contributed by atoms with Gasteiger partial charge < -0.3 is 0 Å². The summed E-state index contributed by atoms with van der Waals surface area (Å²) in [6, 6.07) is 54.4. The third-order valence-corrected chi connectivity index (χ3v) is 7.00. The van der Waals surface area contributed by atoms with E-state index in [0.717, 1.165) is 0 Å². The van der Waals surface area contributed by atoms with E-state index >= 15 is 0 Å². The first-order chi connectivity index (χ1) is 18.7. The molecule has 0 bridgehead atoms. The summed E-state index contributed by atoms with van der Waals surface area (Å²) in [6.07, 6.45) is 2.38. The quantitative estimate of drug-likeness (QED) is 0.150. The fourth-order valence-corrected chi connectivity index (χ4v) is 5.23. The highest BCUT2D eigenvalue weighted by atomic mass is 14.3. The van der Waals surface area contributed by atoms with Crippen LogP contribution in [0.15, 0.2) is 157 Å². The van der Waals surface area contributed by atoms with E-state index in [1.165, 1.54) is 44.5 Å². The number of hydrogen-bond donors (Lipinski definition) is 0. The maximum absolute atomic E-state index is 2.38. The first kappa shape index (κ1) is 25.2. The van der Waals surface area contributed by atoms with Crippen molar-refractivity contribution in [2.75, 3.05) is 0 Å². The van der Waals surface area contributed by atoms with E-state index in [9.17, 15) is 0 Å². The zero-order chi connectivity index (χ0) is 26.2. The first-order valence-corrected chi connectivity index (χ1v) is 13.4. The molecule has 0 radical (unpaired) electrons. The van der Waals surface area contributed by atoms with Crippen molar-refractivity contribution in [3.05, 3.63) is 185 Å². The Hall–Kier alpha value is -4.42. The molecule has 0 heterocycles. The smallest absolute Gasteiger partial charge is 0.0352 e. The topological polar surface area (TPSA) is 0 Å². The molecule has 0 amide bonds. The minimum absolute atomic E-state index is 0.0629. The Bertz CT molecular complexity index is 1440. The highest BCUT2D eigenvalue weighted by Crippen LogP contribution is 2.46. The summed E-state index contributed by atoms with van der Waals surface area (Å²) < 4.78 is 0. The van der Waals surface area contributed by atoms with Crippen LogP contribution in [0.1, 0.15) is 47.6 Å². The van der Waals surface area contributed by atoms with Crippen LogP contribution in [0, 0.1) is 5.92 Å². The SMILES string of the molecule is CC(C)C(=Cc1ccccc1)C(=C(c1ccccc1)C(c1ccccc1)c1ccccc1)c1ccccc1. The molecule has 0 N–H and O–H groups in total. The lowest BCUT2D eigenvalue weighted by atomic mass is 9.74. The molecule has 5 aromatic rings. The van der Waals surface area contributed by atoms with Gasteiger partial charge in [0.05, 0.1) is 0 Å². The lowest BCUT2D eigenvalue weighted by Crippen LogP contribution is -2.10. The van der Waals surface area contributed by atoms with Crippen molar-refractivity contribution in [1.82, 2.24) is 0 Å². The lowest BCUT2D eigenvalue weighted by molar-refractivity contribution is 0.801. The molecule has 0 heteroatoms. The molecule has 0 aliphatic heterocycles. The molecule has 0 fully saturated rings. The minimum Gasteiger partial charge on any atom is -0.0622 e. The van der Waals surface area contributed by atoms with Crippen LogP contribution >= 0.6 is 0 Å². The summed E-state index contributed by atoms with van der Waals surface area (Å²) >= 11 is 0. The third kappa shape index (κ3) is 5.76.